The Morgan fingerprint density at radius 2 is 2.21 bits per heavy atom. The molecule has 0 radical (unpaired) electrons. The standard InChI is InChI=1S/C16H21ClN2/c1-2-5-16(6-7-16)11-18-9-12-10-19-15-8-13(17)3-4-14(12)15/h3-4,8,10,18-19H,2,5-7,9,11H2,1H3. The fourth-order valence-corrected chi connectivity index (χ4v) is 3.16. The highest BCUT2D eigenvalue weighted by Crippen LogP contribution is 2.48. The van der Waals surface area contributed by atoms with Crippen molar-refractivity contribution in [1.82, 2.24) is 10.3 Å². The van der Waals surface area contributed by atoms with Gasteiger partial charge in [-0.3, -0.25) is 0 Å². The summed E-state index contributed by atoms with van der Waals surface area (Å²) in [5.41, 5.74) is 3.07. The first-order valence-corrected chi connectivity index (χ1v) is 7.56. The number of aromatic nitrogens is 1. The Hall–Kier alpha value is -0.990. The molecule has 1 aliphatic carbocycles. The van der Waals surface area contributed by atoms with Gasteiger partial charge in [0.1, 0.15) is 0 Å². The van der Waals surface area contributed by atoms with Crippen LogP contribution in [-0.4, -0.2) is 11.5 Å². The zero-order valence-corrected chi connectivity index (χ0v) is 12.2. The molecule has 0 spiro atoms. The molecule has 1 aliphatic rings. The van der Waals surface area contributed by atoms with Crippen LogP contribution in [0.2, 0.25) is 5.02 Å². The average molecular weight is 277 g/mol. The molecular formula is C16H21ClN2. The van der Waals surface area contributed by atoms with Crippen LogP contribution in [0.1, 0.15) is 38.2 Å². The van der Waals surface area contributed by atoms with E-state index in [1.807, 2.05) is 12.1 Å². The third-order valence-electron chi connectivity index (χ3n) is 4.28. The number of benzene rings is 1. The largest absolute Gasteiger partial charge is 0.361 e. The second kappa shape index (κ2) is 5.18. The summed E-state index contributed by atoms with van der Waals surface area (Å²) >= 11 is 6.00. The quantitative estimate of drug-likeness (QED) is 0.799. The van der Waals surface area contributed by atoms with Gasteiger partial charge in [0.2, 0.25) is 0 Å². The predicted molar refractivity (Wildman–Crippen MR) is 81.6 cm³/mol. The normalized spacial score (nSPS) is 16.9. The summed E-state index contributed by atoms with van der Waals surface area (Å²) in [5.74, 6) is 0. The van der Waals surface area contributed by atoms with E-state index in [1.54, 1.807) is 0 Å². The van der Waals surface area contributed by atoms with E-state index < -0.39 is 0 Å². The van der Waals surface area contributed by atoms with Gasteiger partial charge in [-0.25, -0.2) is 0 Å². The fraction of sp³-hybridized carbons (Fsp3) is 0.500. The zero-order valence-electron chi connectivity index (χ0n) is 11.4. The Balaban J connectivity index is 1.63. The van der Waals surface area contributed by atoms with Crippen molar-refractivity contribution in [3.63, 3.8) is 0 Å². The van der Waals surface area contributed by atoms with Crippen LogP contribution in [0.3, 0.4) is 0 Å². The molecule has 0 bridgehead atoms. The molecule has 2 nitrogen and oxygen atoms in total. The summed E-state index contributed by atoms with van der Waals surface area (Å²) in [6.07, 6.45) is 7.55. The van der Waals surface area contributed by atoms with Crippen LogP contribution in [0.4, 0.5) is 0 Å². The van der Waals surface area contributed by atoms with Gasteiger partial charge >= 0.3 is 0 Å². The molecule has 19 heavy (non-hydrogen) atoms. The van der Waals surface area contributed by atoms with Crippen LogP contribution in [0.15, 0.2) is 24.4 Å². The topological polar surface area (TPSA) is 27.8 Å². The van der Waals surface area contributed by atoms with Gasteiger partial charge in [-0.15, -0.1) is 0 Å². The van der Waals surface area contributed by atoms with Crippen LogP contribution in [-0.2, 0) is 6.54 Å². The highest BCUT2D eigenvalue weighted by atomic mass is 35.5. The van der Waals surface area contributed by atoms with Gasteiger partial charge in [-0.05, 0) is 42.4 Å². The van der Waals surface area contributed by atoms with Gasteiger partial charge in [0.25, 0.3) is 0 Å². The lowest BCUT2D eigenvalue weighted by Gasteiger charge is -2.14. The molecule has 1 heterocycles. The van der Waals surface area contributed by atoms with Crippen molar-refractivity contribution in [2.75, 3.05) is 6.54 Å². The van der Waals surface area contributed by atoms with E-state index in [0.29, 0.717) is 5.41 Å². The molecule has 2 aromatic rings. The van der Waals surface area contributed by atoms with Crippen LogP contribution in [0, 0.1) is 5.41 Å². The van der Waals surface area contributed by atoms with E-state index in [4.69, 9.17) is 11.6 Å². The maximum atomic E-state index is 6.00. The predicted octanol–water partition coefficient (Wildman–Crippen LogP) is 4.49. The summed E-state index contributed by atoms with van der Waals surface area (Å²) in [5, 5.41) is 5.69. The van der Waals surface area contributed by atoms with Crippen molar-refractivity contribution >= 4 is 22.5 Å². The lowest BCUT2D eigenvalue weighted by molar-refractivity contribution is 0.421. The molecule has 1 aromatic heterocycles. The number of rotatable bonds is 6. The van der Waals surface area contributed by atoms with Crippen LogP contribution in [0.25, 0.3) is 10.9 Å². The number of hydrogen-bond donors (Lipinski definition) is 2. The highest BCUT2D eigenvalue weighted by Gasteiger charge is 2.40. The number of aromatic amines is 1. The molecule has 1 aromatic carbocycles. The zero-order chi connectivity index (χ0) is 13.3. The first-order chi connectivity index (χ1) is 9.22. The maximum absolute atomic E-state index is 6.00. The molecule has 102 valence electrons. The van der Waals surface area contributed by atoms with Gasteiger partial charge in [-0.1, -0.05) is 31.0 Å². The van der Waals surface area contributed by atoms with Crippen molar-refractivity contribution in [2.24, 2.45) is 5.41 Å². The third kappa shape index (κ3) is 2.80. The minimum absolute atomic E-state index is 0.615. The van der Waals surface area contributed by atoms with Gasteiger partial charge in [0.05, 0.1) is 0 Å². The van der Waals surface area contributed by atoms with Gasteiger partial charge < -0.3 is 10.3 Å². The first-order valence-electron chi connectivity index (χ1n) is 7.19. The van der Waals surface area contributed by atoms with E-state index in [1.165, 1.54) is 36.6 Å². The molecule has 0 saturated heterocycles. The van der Waals surface area contributed by atoms with Crippen LogP contribution < -0.4 is 5.32 Å². The van der Waals surface area contributed by atoms with Crippen molar-refractivity contribution < 1.29 is 0 Å². The molecule has 2 N–H and O–H groups in total. The molecule has 3 heteroatoms. The molecule has 0 amide bonds. The molecule has 0 aliphatic heterocycles. The summed E-state index contributed by atoms with van der Waals surface area (Å²) in [7, 11) is 0. The smallest absolute Gasteiger partial charge is 0.0472 e. The Morgan fingerprint density at radius 3 is 2.95 bits per heavy atom. The monoisotopic (exact) mass is 276 g/mol. The van der Waals surface area contributed by atoms with E-state index in [-0.39, 0.29) is 0 Å². The minimum atomic E-state index is 0.615. The summed E-state index contributed by atoms with van der Waals surface area (Å²) in [6.45, 7) is 4.37. The minimum Gasteiger partial charge on any atom is -0.361 e. The number of halogens is 1. The fourth-order valence-electron chi connectivity index (χ4n) is 2.99. The van der Waals surface area contributed by atoms with Crippen molar-refractivity contribution in [2.45, 2.75) is 39.2 Å². The summed E-state index contributed by atoms with van der Waals surface area (Å²) in [4.78, 5) is 3.29. The number of hydrogen-bond acceptors (Lipinski definition) is 1. The number of fused-ring (bicyclic) bond motifs is 1. The van der Waals surface area contributed by atoms with Crippen LogP contribution in [0.5, 0.6) is 0 Å². The second-order valence-electron chi connectivity index (χ2n) is 5.86. The average Bonchev–Trinajstić information content (AvgIpc) is 3.03. The Labute approximate surface area is 119 Å². The molecular weight excluding hydrogens is 256 g/mol. The van der Waals surface area contributed by atoms with E-state index in [0.717, 1.165) is 23.6 Å². The van der Waals surface area contributed by atoms with E-state index in [9.17, 15) is 0 Å². The lowest BCUT2D eigenvalue weighted by Crippen LogP contribution is -2.23. The maximum Gasteiger partial charge on any atom is 0.0472 e. The van der Waals surface area contributed by atoms with Crippen molar-refractivity contribution in [3.8, 4) is 0 Å². The first kappa shape index (κ1) is 13.0. The number of H-pyrrole nitrogens is 1. The molecule has 0 atom stereocenters. The third-order valence-corrected chi connectivity index (χ3v) is 4.52. The van der Waals surface area contributed by atoms with Gasteiger partial charge in [-0.2, -0.15) is 0 Å². The van der Waals surface area contributed by atoms with E-state index in [2.05, 4.69) is 29.5 Å². The Kier molecular flexibility index (Phi) is 3.55. The van der Waals surface area contributed by atoms with E-state index >= 15 is 0 Å². The molecule has 3 rings (SSSR count). The van der Waals surface area contributed by atoms with Crippen LogP contribution >= 0.6 is 11.6 Å². The summed E-state index contributed by atoms with van der Waals surface area (Å²) in [6, 6.07) is 6.05. The molecule has 1 saturated carbocycles. The van der Waals surface area contributed by atoms with Gasteiger partial charge in [0, 0.05) is 35.2 Å². The Morgan fingerprint density at radius 1 is 1.37 bits per heavy atom. The van der Waals surface area contributed by atoms with Gasteiger partial charge in [0.15, 0.2) is 0 Å². The Bertz CT molecular complexity index is 569. The molecule has 1 fully saturated rings. The summed E-state index contributed by atoms with van der Waals surface area (Å²) < 4.78 is 0. The highest BCUT2D eigenvalue weighted by molar-refractivity contribution is 6.31. The van der Waals surface area contributed by atoms with Crippen molar-refractivity contribution in [3.05, 3.63) is 35.0 Å². The SMILES string of the molecule is CCCC1(CNCc2c[nH]c3cc(Cl)ccc23)CC1. The number of nitrogens with one attached hydrogen (secondary N) is 2. The second-order valence-corrected chi connectivity index (χ2v) is 6.29. The lowest BCUT2D eigenvalue weighted by atomic mass is 10.0. The van der Waals surface area contributed by atoms with Crippen molar-refractivity contribution in [1.29, 1.82) is 0 Å². The molecule has 0 unspecified atom stereocenters.